The molecule has 4 nitrogen and oxygen atoms in total. The number of halogens is 2. The van der Waals surface area contributed by atoms with Crippen molar-refractivity contribution in [1.29, 1.82) is 0 Å². The third-order valence-corrected chi connectivity index (χ3v) is 4.92. The van der Waals surface area contributed by atoms with E-state index in [1.165, 1.54) is 24.3 Å². The number of carboxylic acid groups (broad SMARTS) is 1. The van der Waals surface area contributed by atoms with Crippen LogP contribution in [-0.4, -0.2) is 32.2 Å². The van der Waals surface area contributed by atoms with Crippen molar-refractivity contribution >= 4 is 57.9 Å². The number of thiocarbonyl (C=S) groups is 1. The van der Waals surface area contributed by atoms with Gasteiger partial charge in [-0.15, -0.1) is 0 Å². The molecule has 1 fully saturated rings. The minimum absolute atomic E-state index is 0.0806. The summed E-state index contributed by atoms with van der Waals surface area (Å²) in [6.07, 6.45) is 2.18. The van der Waals surface area contributed by atoms with E-state index < -0.39 is 23.7 Å². The van der Waals surface area contributed by atoms with Gasteiger partial charge in [0.2, 0.25) is 0 Å². The zero-order valence-electron chi connectivity index (χ0n) is 12.1. The number of aliphatic carboxylic acids is 1. The summed E-state index contributed by atoms with van der Waals surface area (Å²) in [5, 5.41) is 9.47. The lowest BCUT2D eigenvalue weighted by Gasteiger charge is -2.22. The highest BCUT2D eigenvalue weighted by Gasteiger charge is 2.40. The van der Waals surface area contributed by atoms with Crippen molar-refractivity contribution in [3.63, 3.8) is 0 Å². The molecule has 1 aliphatic rings. The molecule has 0 radical (unpaired) electrons. The Bertz CT molecular complexity index is 688. The standard InChI is InChI=1S/C15H13ClFNO3S2/c1-2-4-11(14(20)21)18-13(19)12(23-15(18)22)7-8-9(16)5-3-6-10(8)17/h3,5-7,11H,2,4H2,1H3,(H,20,21)/b12-7-/t11-/m0/s1. The van der Waals surface area contributed by atoms with Crippen molar-refractivity contribution in [2.75, 3.05) is 0 Å². The minimum atomic E-state index is -1.12. The SMILES string of the molecule is CCC[C@@H](C(=O)O)N1C(=O)/C(=C/c2c(F)cccc2Cl)SC1=S. The van der Waals surface area contributed by atoms with E-state index in [9.17, 15) is 19.1 Å². The molecule has 23 heavy (non-hydrogen) atoms. The lowest BCUT2D eigenvalue weighted by atomic mass is 10.1. The number of nitrogens with zero attached hydrogens (tertiary/aromatic N) is 1. The van der Waals surface area contributed by atoms with Gasteiger partial charge in [-0.2, -0.15) is 0 Å². The van der Waals surface area contributed by atoms with Crippen LogP contribution >= 0.6 is 35.6 Å². The van der Waals surface area contributed by atoms with Gasteiger partial charge in [0.1, 0.15) is 16.2 Å². The van der Waals surface area contributed by atoms with Crippen molar-refractivity contribution < 1.29 is 19.1 Å². The fraction of sp³-hybridized carbons (Fsp3) is 0.267. The van der Waals surface area contributed by atoms with Gasteiger partial charge >= 0.3 is 5.97 Å². The van der Waals surface area contributed by atoms with Crippen LogP contribution in [0.25, 0.3) is 6.08 Å². The van der Waals surface area contributed by atoms with Gasteiger partial charge in [-0.1, -0.05) is 55.0 Å². The second-order valence-corrected chi connectivity index (χ2v) is 6.91. The van der Waals surface area contributed by atoms with Gasteiger partial charge in [-0.05, 0) is 24.6 Å². The summed E-state index contributed by atoms with van der Waals surface area (Å²) in [5.41, 5.74) is 0.0806. The molecule has 8 heteroatoms. The topological polar surface area (TPSA) is 57.6 Å². The average molecular weight is 374 g/mol. The molecule has 0 unspecified atom stereocenters. The van der Waals surface area contributed by atoms with Gasteiger partial charge in [0.25, 0.3) is 5.91 Å². The maximum absolute atomic E-state index is 13.8. The molecule has 1 saturated heterocycles. The maximum Gasteiger partial charge on any atom is 0.326 e. The first kappa shape index (κ1) is 17.9. The second kappa shape index (κ2) is 7.42. The Labute approximate surface area is 147 Å². The van der Waals surface area contributed by atoms with Crippen LogP contribution in [0.3, 0.4) is 0 Å². The summed E-state index contributed by atoms with van der Waals surface area (Å²) in [6, 6.07) is 3.18. The van der Waals surface area contributed by atoms with E-state index in [0.29, 0.717) is 6.42 Å². The quantitative estimate of drug-likeness (QED) is 0.626. The Hall–Kier alpha value is -1.44. The summed E-state index contributed by atoms with van der Waals surface area (Å²) in [6.45, 7) is 1.82. The van der Waals surface area contributed by atoms with Crippen LogP contribution in [0.1, 0.15) is 25.3 Å². The molecule has 0 aliphatic carbocycles. The predicted molar refractivity (Wildman–Crippen MR) is 92.8 cm³/mol. The number of hydrogen-bond acceptors (Lipinski definition) is 4. The fourth-order valence-corrected chi connectivity index (χ4v) is 3.72. The largest absolute Gasteiger partial charge is 0.480 e. The van der Waals surface area contributed by atoms with Gasteiger partial charge in [-0.3, -0.25) is 9.69 Å². The van der Waals surface area contributed by atoms with Gasteiger partial charge in [-0.25, -0.2) is 9.18 Å². The summed E-state index contributed by atoms with van der Waals surface area (Å²) >= 11 is 12.0. The molecule has 1 aliphatic heterocycles. The highest BCUT2D eigenvalue weighted by Crippen LogP contribution is 2.36. The summed E-state index contributed by atoms with van der Waals surface area (Å²) in [4.78, 5) is 25.1. The number of hydrogen-bond donors (Lipinski definition) is 1. The lowest BCUT2D eigenvalue weighted by Crippen LogP contribution is -2.43. The number of rotatable bonds is 5. The lowest BCUT2D eigenvalue weighted by molar-refractivity contribution is -0.145. The molecule has 1 N–H and O–H groups in total. The molecule has 0 aromatic heterocycles. The van der Waals surface area contributed by atoms with Crippen LogP contribution in [0.4, 0.5) is 4.39 Å². The Balaban J connectivity index is 2.38. The Morgan fingerprint density at radius 1 is 1.57 bits per heavy atom. The smallest absolute Gasteiger partial charge is 0.326 e. The van der Waals surface area contributed by atoms with E-state index in [1.807, 2.05) is 6.92 Å². The summed E-state index contributed by atoms with van der Waals surface area (Å²) in [7, 11) is 0. The minimum Gasteiger partial charge on any atom is -0.480 e. The number of carbonyl (C=O) groups excluding carboxylic acids is 1. The normalized spacial score (nSPS) is 17.9. The van der Waals surface area contributed by atoms with E-state index in [4.69, 9.17) is 23.8 Å². The summed E-state index contributed by atoms with van der Waals surface area (Å²) in [5.74, 6) is -2.22. The highest BCUT2D eigenvalue weighted by molar-refractivity contribution is 8.26. The molecule has 2 rings (SSSR count). The highest BCUT2D eigenvalue weighted by atomic mass is 35.5. The molecule has 0 spiro atoms. The first-order chi connectivity index (χ1) is 10.9. The Kier molecular flexibility index (Phi) is 5.78. The number of amides is 1. The number of carboxylic acids is 1. The van der Waals surface area contributed by atoms with E-state index in [1.54, 1.807) is 0 Å². The van der Waals surface area contributed by atoms with Gasteiger partial charge in [0.15, 0.2) is 0 Å². The van der Waals surface area contributed by atoms with E-state index in [0.717, 1.165) is 16.7 Å². The monoisotopic (exact) mass is 373 g/mol. The third kappa shape index (κ3) is 3.73. The molecule has 1 aromatic rings. The van der Waals surface area contributed by atoms with Crippen molar-refractivity contribution in [2.45, 2.75) is 25.8 Å². The van der Waals surface area contributed by atoms with Crippen molar-refractivity contribution in [1.82, 2.24) is 4.90 Å². The number of benzene rings is 1. The zero-order valence-corrected chi connectivity index (χ0v) is 14.5. The molecule has 1 heterocycles. The predicted octanol–water partition coefficient (Wildman–Crippen LogP) is 3.93. The molecule has 0 bridgehead atoms. The van der Waals surface area contributed by atoms with Crippen molar-refractivity contribution in [3.8, 4) is 0 Å². The zero-order chi connectivity index (χ0) is 17.1. The van der Waals surface area contributed by atoms with Gasteiger partial charge in [0.05, 0.1) is 9.93 Å². The van der Waals surface area contributed by atoms with Crippen LogP contribution in [-0.2, 0) is 9.59 Å². The summed E-state index contributed by atoms with van der Waals surface area (Å²) < 4.78 is 14.0. The molecule has 122 valence electrons. The second-order valence-electron chi connectivity index (χ2n) is 4.83. The van der Waals surface area contributed by atoms with E-state index in [-0.39, 0.29) is 26.2 Å². The van der Waals surface area contributed by atoms with Gasteiger partial charge in [0, 0.05) is 5.56 Å². The molecular weight excluding hydrogens is 361 g/mol. The first-order valence-electron chi connectivity index (χ1n) is 6.80. The molecule has 0 saturated carbocycles. The molecular formula is C15H13ClFNO3S2. The Morgan fingerprint density at radius 3 is 2.83 bits per heavy atom. The van der Waals surface area contributed by atoms with Crippen LogP contribution in [0.2, 0.25) is 5.02 Å². The average Bonchev–Trinajstić information content (AvgIpc) is 2.75. The van der Waals surface area contributed by atoms with E-state index in [2.05, 4.69) is 0 Å². The molecule has 1 amide bonds. The Morgan fingerprint density at radius 2 is 2.26 bits per heavy atom. The molecule has 1 aromatic carbocycles. The van der Waals surface area contributed by atoms with Crippen LogP contribution in [0.5, 0.6) is 0 Å². The number of carbonyl (C=O) groups is 2. The van der Waals surface area contributed by atoms with Crippen molar-refractivity contribution in [3.05, 3.63) is 39.5 Å². The van der Waals surface area contributed by atoms with Gasteiger partial charge < -0.3 is 5.11 Å². The van der Waals surface area contributed by atoms with Crippen LogP contribution < -0.4 is 0 Å². The van der Waals surface area contributed by atoms with Crippen LogP contribution in [0, 0.1) is 5.82 Å². The maximum atomic E-state index is 13.8. The van der Waals surface area contributed by atoms with Crippen molar-refractivity contribution in [2.24, 2.45) is 0 Å². The third-order valence-electron chi connectivity index (χ3n) is 3.26. The van der Waals surface area contributed by atoms with Crippen LogP contribution in [0.15, 0.2) is 23.1 Å². The first-order valence-corrected chi connectivity index (χ1v) is 8.41. The number of thioether (sulfide) groups is 1. The fourth-order valence-electron chi connectivity index (χ4n) is 2.16. The van der Waals surface area contributed by atoms with E-state index >= 15 is 0 Å². The molecule has 1 atom stereocenters.